The summed E-state index contributed by atoms with van der Waals surface area (Å²) in [5, 5.41) is 0. The summed E-state index contributed by atoms with van der Waals surface area (Å²) < 4.78 is 0.512. The second kappa shape index (κ2) is 22.4. The summed E-state index contributed by atoms with van der Waals surface area (Å²) in [7, 11) is 5.94. The summed E-state index contributed by atoms with van der Waals surface area (Å²) in [5.41, 5.74) is 2.98. The van der Waals surface area contributed by atoms with Crippen molar-refractivity contribution in [3.8, 4) is 0 Å². The van der Waals surface area contributed by atoms with E-state index in [9.17, 15) is 4.79 Å². The van der Waals surface area contributed by atoms with E-state index in [0.717, 1.165) is 6.42 Å². The van der Waals surface area contributed by atoms with Gasteiger partial charge < -0.3 is 12.4 Å². The topological polar surface area (TPSA) is 29.1 Å². The number of nitrogens with one attached hydrogen (secondary N) is 1. The van der Waals surface area contributed by atoms with Crippen molar-refractivity contribution in [1.29, 1.82) is 0 Å². The molecule has 0 heterocycles. The number of rotatable bonds is 21. The lowest BCUT2D eigenvalue weighted by Crippen LogP contribution is -3.00. The molecule has 0 saturated carbocycles. The fourth-order valence-electron chi connectivity index (χ4n) is 3.79. The van der Waals surface area contributed by atoms with E-state index in [4.69, 9.17) is 0 Å². The Morgan fingerprint density at radius 2 is 0.828 bits per heavy atom. The minimum atomic E-state index is 0. The van der Waals surface area contributed by atoms with Crippen LogP contribution in [0, 0.1) is 0 Å². The Morgan fingerprint density at radius 1 is 0.552 bits per heavy atom. The van der Waals surface area contributed by atoms with Gasteiger partial charge in [-0.3, -0.25) is 4.79 Å². The second-order valence-electron chi connectivity index (χ2n) is 9.66. The molecule has 4 heteroatoms. The van der Waals surface area contributed by atoms with E-state index in [0.29, 0.717) is 11.0 Å². The molecule has 0 atom stereocenters. The Kier molecular flexibility index (Phi) is 23.9. The highest BCUT2D eigenvalue weighted by atomic mass is 35.5. The Bertz CT molecular complexity index is 342. The lowest BCUT2D eigenvalue weighted by atomic mass is 10.0. The highest BCUT2D eigenvalue weighted by Gasteiger charge is 2.11. The van der Waals surface area contributed by atoms with Crippen LogP contribution in [0.4, 0.5) is 0 Å². The van der Waals surface area contributed by atoms with Crippen molar-refractivity contribution in [1.82, 2.24) is 5.43 Å². The van der Waals surface area contributed by atoms with E-state index >= 15 is 0 Å². The highest BCUT2D eigenvalue weighted by molar-refractivity contribution is 5.74. The summed E-state index contributed by atoms with van der Waals surface area (Å²) in [6.07, 6.45) is 27.1. The molecule has 0 saturated heterocycles. The minimum absolute atomic E-state index is 0. The predicted octanol–water partition coefficient (Wildman–Crippen LogP) is 4.55. The standard InChI is InChI=1S/C25H52N2O.ClH/c1-5-6-7-8-9-10-11-12-13-14-15-16-17-18-19-20-21-22-23-24-25(28)26-27(2,3)4;/h5-24H2,1-4H3;1H. The second-order valence-corrected chi connectivity index (χ2v) is 9.66. The maximum atomic E-state index is 11.7. The third-order valence-corrected chi connectivity index (χ3v) is 5.47. The van der Waals surface area contributed by atoms with E-state index in [1.54, 1.807) is 0 Å². The number of hydrogen-bond acceptors (Lipinski definition) is 1. The van der Waals surface area contributed by atoms with Gasteiger partial charge in [0, 0.05) is 6.42 Å². The molecule has 29 heavy (non-hydrogen) atoms. The first kappa shape index (κ1) is 30.9. The lowest BCUT2D eigenvalue weighted by molar-refractivity contribution is -0.906. The van der Waals surface area contributed by atoms with E-state index in [-0.39, 0.29) is 18.3 Å². The maximum absolute atomic E-state index is 11.7. The van der Waals surface area contributed by atoms with Crippen LogP contribution in [0.25, 0.3) is 0 Å². The number of halogens is 1. The normalized spacial score (nSPS) is 11.3. The largest absolute Gasteiger partial charge is 1.00 e. The zero-order valence-corrected chi connectivity index (χ0v) is 21.1. The molecule has 0 aliphatic heterocycles. The van der Waals surface area contributed by atoms with Crippen LogP contribution < -0.4 is 17.8 Å². The molecule has 0 rings (SSSR count). The molecule has 0 aromatic heterocycles. The Labute approximate surface area is 189 Å². The fourth-order valence-corrected chi connectivity index (χ4v) is 3.79. The van der Waals surface area contributed by atoms with Crippen molar-refractivity contribution in [2.24, 2.45) is 0 Å². The summed E-state index contributed by atoms with van der Waals surface area (Å²) in [5.74, 6) is 0.180. The molecule has 0 aromatic carbocycles. The smallest absolute Gasteiger partial charge is 0.264 e. The van der Waals surface area contributed by atoms with Crippen molar-refractivity contribution in [3.05, 3.63) is 0 Å². The summed E-state index contributed by atoms with van der Waals surface area (Å²) in [6.45, 7) is 2.29. The molecule has 0 radical (unpaired) electrons. The first-order valence-corrected chi connectivity index (χ1v) is 12.6. The number of quaternary nitrogens is 1. The van der Waals surface area contributed by atoms with Crippen LogP contribution in [0.5, 0.6) is 0 Å². The molecule has 0 bridgehead atoms. The zero-order chi connectivity index (χ0) is 20.9. The summed E-state index contributed by atoms with van der Waals surface area (Å²) in [6, 6.07) is 0. The van der Waals surface area contributed by atoms with Crippen molar-refractivity contribution < 1.29 is 21.8 Å². The quantitative estimate of drug-likeness (QED) is 0.161. The number of carbonyl (C=O) groups is 1. The van der Waals surface area contributed by atoms with Gasteiger partial charge in [0.2, 0.25) is 0 Å². The van der Waals surface area contributed by atoms with Crippen LogP contribution in [0.3, 0.4) is 0 Å². The number of nitrogens with zero attached hydrogens (tertiary/aromatic N) is 1. The van der Waals surface area contributed by atoms with E-state index in [1.165, 1.54) is 116 Å². The van der Waals surface area contributed by atoms with Crippen LogP contribution >= 0.6 is 0 Å². The van der Waals surface area contributed by atoms with E-state index < -0.39 is 0 Å². The first-order valence-electron chi connectivity index (χ1n) is 12.6. The molecule has 1 N–H and O–H groups in total. The van der Waals surface area contributed by atoms with Crippen LogP contribution in [-0.4, -0.2) is 31.6 Å². The van der Waals surface area contributed by atoms with Gasteiger partial charge in [-0.1, -0.05) is 122 Å². The maximum Gasteiger partial charge on any atom is 0.264 e. The first-order chi connectivity index (χ1) is 13.5. The van der Waals surface area contributed by atoms with Gasteiger partial charge in [-0.2, -0.15) is 0 Å². The molecular weight excluding hydrogens is 380 g/mol. The van der Waals surface area contributed by atoms with Gasteiger partial charge in [0.15, 0.2) is 0 Å². The molecule has 0 aliphatic rings. The molecule has 0 aliphatic carbocycles. The number of carbonyl (C=O) groups excluding carboxylic acids is 1. The number of unbranched alkanes of at least 4 members (excludes halogenated alkanes) is 18. The molecule has 0 fully saturated rings. The van der Waals surface area contributed by atoms with Crippen molar-refractivity contribution in [2.45, 2.75) is 135 Å². The van der Waals surface area contributed by atoms with Crippen LogP contribution in [0.1, 0.15) is 135 Å². The monoisotopic (exact) mass is 432 g/mol. The average Bonchev–Trinajstić information content (AvgIpc) is 2.62. The van der Waals surface area contributed by atoms with Gasteiger partial charge in [0.1, 0.15) is 0 Å². The van der Waals surface area contributed by atoms with Gasteiger partial charge in [-0.15, -0.1) is 0 Å². The predicted molar refractivity (Wildman–Crippen MR) is 124 cm³/mol. The molecule has 0 spiro atoms. The molecule has 176 valence electrons. The van der Waals surface area contributed by atoms with Crippen LogP contribution in [0.15, 0.2) is 0 Å². The molecular formula is C25H53ClN2O. The van der Waals surface area contributed by atoms with Crippen LogP contribution in [-0.2, 0) is 4.79 Å². The Morgan fingerprint density at radius 3 is 1.10 bits per heavy atom. The minimum Gasteiger partial charge on any atom is -1.00 e. The SMILES string of the molecule is CCCCCCCCCCCCCCCCCCCCCC(=O)N[N+](C)(C)C.[Cl-]. The molecule has 1 amide bonds. The summed E-state index contributed by atoms with van der Waals surface area (Å²) in [4.78, 5) is 11.7. The van der Waals surface area contributed by atoms with Crippen LogP contribution in [0.2, 0.25) is 0 Å². The molecule has 0 aromatic rings. The van der Waals surface area contributed by atoms with Gasteiger partial charge in [-0.05, 0) is 6.42 Å². The van der Waals surface area contributed by atoms with Gasteiger partial charge in [-0.25, -0.2) is 10.0 Å². The van der Waals surface area contributed by atoms with Crippen molar-refractivity contribution >= 4 is 5.91 Å². The fraction of sp³-hybridized carbons (Fsp3) is 0.960. The third-order valence-electron chi connectivity index (χ3n) is 5.47. The van der Waals surface area contributed by atoms with Gasteiger partial charge in [0.25, 0.3) is 5.91 Å². The Hall–Kier alpha value is -0.280. The van der Waals surface area contributed by atoms with Crippen molar-refractivity contribution in [3.63, 3.8) is 0 Å². The average molecular weight is 433 g/mol. The molecule has 0 unspecified atom stereocenters. The number of hydrogen-bond donors (Lipinski definition) is 1. The highest BCUT2D eigenvalue weighted by Crippen LogP contribution is 2.14. The third kappa shape index (κ3) is 27.7. The molecule has 3 nitrogen and oxygen atoms in total. The zero-order valence-electron chi connectivity index (χ0n) is 20.4. The summed E-state index contributed by atoms with van der Waals surface area (Å²) >= 11 is 0. The number of amides is 1. The van der Waals surface area contributed by atoms with Crippen molar-refractivity contribution in [2.75, 3.05) is 21.1 Å². The van der Waals surface area contributed by atoms with E-state index in [2.05, 4.69) is 12.3 Å². The Balaban J connectivity index is 0. The van der Waals surface area contributed by atoms with E-state index in [1.807, 2.05) is 21.1 Å². The van der Waals surface area contributed by atoms with Gasteiger partial charge in [0.05, 0.1) is 21.1 Å². The lowest BCUT2D eigenvalue weighted by Gasteiger charge is -2.23. The van der Waals surface area contributed by atoms with Gasteiger partial charge >= 0.3 is 0 Å².